The van der Waals surface area contributed by atoms with Crippen molar-refractivity contribution in [2.75, 3.05) is 18.0 Å². The van der Waals surface area contributed by atoms with Crippen LogP contribution in [0.3, 0.4) is 0 Å². The van der Waals surface area contributed by atoms with Crippen LogP contribution in [0, 0.1) is 11.6 Å². The molecule has 0 aliphatic carbocycles. The van der Waals surface area contributed by atoms with Gasteiger partial charge in [-0.1, -0.05) is 42.5 Å². The van der Waals surface area contributed by atoms with Crippen LogP contribution in [0.25, 0.3) is 11.3 Å². The van der Waals surface area contributed by atoms with Gasteiger partial charge in [-0.2, -0.15) is 0 Å². The Morgan fingerprint density at radius 3 is 2.50 bits per heavy atom. The molecule has 2 heterocycles. The zero-order chi connectivity index (χ0) is 13.9. The van der Waals surface area contributed by atoms with Gasteiger partial charge in [-0.05, 0) is 31.7 Å². The number of benzene rings is 1. The van der Waals surface area contributed by atoms with Crippen LogP contribution in [0.5, 0.6) is 0 Å². The number of nitrogens with one attached hydrogen (secondary N) is 1. The highest BCUT2D eigenvalue weighted by atomic mass is 32.1. The molecule has 1 aliphatic rings. The Hall–Kier alpha value is -1.68. The Labute approximate surface area is 124 Å². The Morgan fingerprint density at radius 1 is 1.10 bits per heavy atom. The van der Waals surface area contributed by atoms with Crippen molar-refractivity contribution >= 4 is 18.2 Å². The van der Waals surface area contributed by atoms with Gasteiger partial charge in [0, 0.05) is 18.7 Å². The second-order valence-electron chi connectivity index (χ2n) is 5.28. The molecule has 104 valence electrons. The highest BCUT2D eigenvalue weighted by Crippen LogP contribution is 2.25. The van der Waals surface area contributed by atoms with E-state index in [1.54, 1.807) is 0 Å². The molecule has 1 N–H and O–H groups in total. The molecule has 1 aromatic heterocycles. The van der Waals surface area contributed by atoms with E-state index in [2.05, 4.69) is 27.0 Å². The molecule has 1 aliphatic heterocycles. The van der Waals surface area contributed by atoms with E-state index < -0.39 is 0 Å². The van der Waals surface area contributed by atoms with Crippen LogP contribution in [0.4, 0.5) is 5.95 Å². The van der Waals surface area contributed by atoms with Crippen LogP contribution >= 0.6 is 12.2 Å². The summed E-state index contributed by atoms with van der Waals surface area (Å²) in [6, 6.07) is 10.3. The smallest absolute Gasteiger partial charge is 0.204 e. The first-order valence-corrected chi connectivity index (χ1v) is 7.58. The van der Waals surface area contributed by atoms with Gasteiger partial charge in [0.15, 0.2) is 0 Å². The van der Waals surface area contributed by atoms with E-state index in [-0.39, 0.29) is 0 Å². The monoisotopic (exact) mass is 285 g/mol. The third-order valence-electron chi connectivity index (χ3n) is 3.86. The lowest BCUT2D eigenvalue weighted by atomic mass is 10.1. The fourth-order valence-corrected chi connectivity index (χ4v) is 2.86. The van der Waals surface area contributed by atoms with Crippen molar-refractivity contribution in [2.45, 2.75) is 26.2 Å². The lowest BCUT2D eigenvalue weighted by Gasteiger charge is -2.27. The Kier molecular flexibility index (Phi) is 3.83. The predicted octanol–water partition coefficient (Wildman–Crippen LogP) is 4.10. The first-order chi connectivity index (χ1) is 9.75. The van der Waals surface area contributed by atoms with E-state index in [0.29, 0.717) is 4.64 Å². The van der Waals surface area contributed by atoms with Crippen molar-refractivity contribution in [2.24, 2.45) is 0 Å². The summed E-state index contributed by atoms with van der Waals surface area (Å²) in [6.45, 7) is 4.17. The lowest BCUT2D eigenvalue weighted by molar-refractivity contribution is 0.568. The summed E-state index contributed by atoms with van der Waals surface area (Å²) in [5.74, 6) is 0.916. The predicted molar refractivity (Wildman–Crippen MR) is 85.7 cm³/mol. The molecule has 3 rings (SSSR count). The van der Waals surface area contributed by atoms with Crippen LogP contribution in [-0.4, -0.2) is 23.1 Å². The second-order valence-corrected chi connectivity index (χ2v) is 5.67. The number of hydrogen-bond donors (Lipinski definition) is 1. The number of piperidine rings is 1. The summed E-state index contributed by atoms with van der Waals surface area (Å²) in [7, 11) is 0. The van der Waals surface area contributed by atoms with E-state index in [1.807, 2.05) is 25.1 Å². The van der Waals surface area contributed by atoms with Crippen LogP contribution in [0.1, 0.15) is 24.8 Å². The number of aromatic nitrogens is 2. The Bertz CT molecular complexity index is 643. The maximum absolute atomic E-state index is 5.44. The first-order valence-electron chi connectivity index (χ1n) is 7.17. The molecular formula is C16H19N3S. The van der Waals surface area contributed by atoms with E-state index in [1.165, 1.54) is 19.3 Å². The number of nitrogens with zero attached hydrogens (tertiary/aromatic N) is 2. The number of rotatable bonds is 2. The minimum atomic E-state index is 0.697. The highest BCUT2D eigenvalue weighted by Gasteiger charge is 2.15. The molecule has 0 radical (unpaired) electrons. The summed E-state index contributed by atoms with van der Waals surface area (Å²) in [6.07, 6.45) is 3.78. The van der Waals surface area contributed by atoms with Gasteiger partial charge in [0.25, 0.3) is 0 Å². The van der Waals surface area contributed by atoms with Crippen molar-refractivity contribution < 1.29 is 0 Å². The zero-order valence-electron chi connectivity index (χ0n) is 11.7. The maximum Gasteiger partial charge on any atom is 0.204 e. The summed E-state index contributed by atoms with van der Waals surface area (Å²) < 4.78 is 0.697. The largest absolute Gasteiger partial charge is 0.342 e. The first kappa shape index (κ1) is 13.3. The van der Waals surface area contributed by atoms with Crippen LogP contribution < -0.4 is 4.90 Å². The standard InChI is InChI=1S/C16H19N3S/c1-12-14(13-8-4-2-5-9-13)17-16(18-15(12)20)19-10-6-3-7-11-19/h2,4-5,8-9H,3,6-7,10-11H2,1H3,(H,17,18,20). The molecule has 3 nitrogen and oxygen atoms in total. The zero-order valence-corrected chi connectivity index (χ0v) is 12.5. The Balaban J connectivity index is 2.06. The second kappa shape index (κ2) is 5.75. The third-order valence-corrected chi connectivity index (χ3v) is 4.26. The summed E-state index contributed by atoms with van der Waals surface area (Å²) in [5.41, 5.74) is 3.30. The number of H-pyrrole nitrogens is 1. The van der Waals surface area contributed by atoms with E-state index in [4.69, 9.17) is 12.2 Å². The minimum absolute atomic E-state index is 0.697. The molecular weight excluding hydrogens is 266 g/mol. The molecule has 0 amide bonds. The normalized spacial score (nSPS) is 15.3. The van der Waals surface area contributed by atoms with Crippen molar-refractivity contribution in [3.63, 3.8) is 0 Å². The third kappa shape index (κ3) is 2.61. The van der Waals surface area contributed by atoms with Gasteiger partial charge in [0.1, 0.15) is 4.64 Å². The van der Waals surface area contributed by atoms with Gasteiger partial charge in [-0.25, -0.2) is 4.98 Å². The Morgan fingerprint density at radius 2 is 1.80 bits per heavy atom. The molecule has 1 fully saturated rings. The molecule has 0 atom stereocenters. The fourth-order valence-electron chi connectivity index (χ4n) is 2.67. The molecule has 0 unspecified atom stereocenters. The van der Waals surface area contributed by atoms with Crippen molar-refractivity contribution in [3.8, 4) is 11.3 Å². The average molecular weight is 285 g/mol. The summed E-state index contributed by atoms with van der Waals surface area (Å²) >= 11 is 5.44. The van der Waals surface area contributed by atoms with Gasteiger partial charge >= 0.3 is 0 Å². The van der Waals surface area contributed by atoms with Crippen LogP contribution in [0.15, 0.2) is 30.3 Å². The van der Waals surface area contributed by atoms with E-state index >= 15 is 0 Å². The van der Waals surface area contributed by atoms with Gasteiger partial charge in [-0.3, -0.25) is 0 Å². The van der Waals surface area contributed by atoms with Gasteiger partial charge < -0.3 is 9.88 Å². The van der Waals surface area contributed by atoms with Gasteiger partial charge in [0.2, 0.25) is 5.95 Å². The SMILES string of the molecule is Cc1c(-c2ccccc2)[nH]c(N2CCCCC2)nc1=S. The lowest BCUT2D eigenvalue weighted by Crippen LogP contribution is -2.31. The summed E-state index contributed by atoms with van der Waals surface area (Å²) in [4.78, 5) is 10.4. The maximum atomic E-state index is 5.44. The summed E-state index contributed by atoms with van der Waals surface area (Å²) in [5, 5.41) is 0. The minimum Gasteiger partial charge on any atom is -0.342 e. The molecule has 0 spiro atoms. The quantitative estimate of drug-likeness (QED) is 0.843. The number of anilines is 1. The van der Waals surface area contributed by atoms with Crippen molar-refractivity contribution in [3.05, 3.63) is 40.5 Å². The highest BCUT2D eigenvalue weighted by molar-refractivity contribution is 7.71. The van der Waals surface area contributed by atoms with Crippen molar-refractivity contribution in [1.29, 1.82) is 0 Å². The molecule has 2 aromatic rings. The van der Waals surface area contributed by atoms with Crippen molar-refractivity contribution in [1.82, 2.24) is 9.97 Å². The molecule has 1 aromatic carbocycles. The van der Waals surface area contributed by atoms with Gasteiger partial charge in [0.05, 0.1) is 5.69 Å². The number of hydrogen-bond acceptors (Lipinski definition) is 3. The molecule has 0 bridgehead atoms. The fraction of sp³-hybridized carbons (Fsp3) is 0.375. The van der Waals surface area contributed by atoms with E-state index in [9.17, 15) is 0 Å². The van der Waals surface area contributed by atoms with Gasteiger partial charge in [-0.15, -0.1) is 0 Å². The molecule has 20 heavy (non-hydrogen) atoms. The molecule has 4 heteroatoms. The average Bonchev–Trinajstić information content (AvgIpc) is 2.51. The van der Waals surface area contributed by atoms with Crippen LogP contribution in [0.2, 0.25) is 0 Å². The molecule has 1 saturated heterocycles. The van der Waals surface area contributed by atoms with E-state index in [0.717, 1.165) is 35.9 Å². The molecule has 0 saturated carbocycles. The van der Waals surface area contributed by atoms with Crippen LogP contribution in [-0.2, 0) is 0 Å². The number of aromatic amines is 1. The topological polar surface area (TPSA) is 31.9 Å².